The topological polar surface area (TPSA) is 37.3 Å². The third kappa shape index (κ3) is 2.98. The number of aliphatic carboxylic acids is 1. The van der Waals surface area contributed by atoms with Crippen molar-refractivity contribution in [1.29, 1.82) is 0 Å². The van der Waals surface area contributed by atoms with Crippen LogP contribution >= 0.6 is 0 Å². The Morgan fingerprint density at radius 3 is 2.33 bits per heavy atom. The molecule has 0 heterocycles. The van der Waals surface area contributed by atoms with E-state index in [0.29, 0.717) is 0 Å². The summed E-state index contributed by atoms with van der Waals surface area (Å²) >= 11 is 0. The molecule has 2 aromatic rings. The van der Waals surface area contributed by atoms with E-state index >= 15 is 0 Å². The predicted octanol–water partition coefficient (Wildman–Crippen LogP) is 3.70. The Hall–Kier alpha value is -2.53. The fraction of sp³-hybridized carbons (Fsp3) is 0.211. The SMILES string of the molecule is Cc1cccc(C(C)(C#Cc2ccccc2)C(=O)O)c1C. The van der Waals surface area contributed by atoms with Gasteiger partial charge in [0, 0.05) is 5.56 Å². The number of hydrogen-bond donors (Lipinski definition) is 1. The lowest BCUT2D eigenvalue weighted by Gasteiger charge is -2.22. The van der Waals surface area contributed by atoms with Crippen LogP contribution in [0.25, 0.3) is 0 Å². The van der Waals surface area contributed by atoms with E-state index < -0.39 is 11.4 Å². The molecule has 0 fully saturated rings. The fourth-order valence-corrected chi connectivity index (χ4v) is 2.25. The van der Waals surface area contributed by atoms with Crippen LogP contribution in [0.1, 0.15) is 29.2 Å². The largest absolute Gasteiger partial charge is 0.480 e. The molecule has 0 aromatic heterocycles. The molecule has 0 aliphatic heterocycles. The minimum absolute atomic E-state index is 0.749. The fourth-order valence-electron chi connectivity index (χ4n) is 2.25. The minimum atomic E-state index is -1.22. The summed E-state index contributed by atoms with van der Waals surface area (Å²) in [5.74, 6) is 5.00. The van der Waals surface area contributed by atoms with Crippen molar-refractivity contribution in [3.8, 4) is 11.8 Å². The van der Waals surface area contributed by atoms with Gasteiger partial charge in [-0.1, -0.05) is 48.2 Å². The normalized spacial score (nSPS) is 12.9. The standard InChI is InChI=1S/C19H18O2/c1-14-8-7-11-17(15(14)2)19(3,18(20)21)13-12-16-9-5-4-6-10-16/h4-11H,1-3H3,(H,20,21). The van der Waals surface area contributed by atoms with Crippen molar-refractivity contribution in [2.75, 3.05) is 0 Å². The van der Waals surface area contributed by atoms with Gasteiger partial charge in [-0.25, -0.2) is 0 Å². The Balaban J connectivity index is 2.55. The molecular formula is C19H18O2. The smallest absolute Gasteiger partial charge is 0.326 e. The van der Waals surface area contributed by atoms with Gasteiger partial charge in [0.15, 0.2) is 5.41 Å². The van der Waals surface area contributed by atoms with Crippen LogP contribution in [0.2, 0.25) is 0 Å². The first-order valence-electron chi connectivity index (χ1n) is 6.83. The van der Waals surface area contributed by atoms with Gasteiger partial charge >= 0.3 is 5.97 Å². The van der Waals surface area contributed by atoms with E-state index in [1.54, 1.807) is 6.92 Å². The summed E-state index contributed by atoms with van der Waals surface area (Å²) in [6.07, 6.45) is 0. The average molecular weight is 278 g/mol. The average Bonchev–Trinajstić information content (AvgIpc) is 2.48. The Bertz CT molecular complexity index is 720. The highest BCUT2D eigenvalue weighted by molar-refractivity contribution is 5.86. The third-order valence-corrected chi connectivity index (χ3v) is 3.80. The van der Waals surface area contributed by atoms with E-state index in [4.69, 9.17) is 0 Å². The summed E-state index contributed by atoms with van der Waals surface area (Å²) in [7, 11) is 0. The van der Waals surface area contributed by atoms with Crippen molar-refractivity contribution in [2.45, 2.75) is 26.2 Å². The van der Waals surface area contributed by atoms with Gasteiger partial charge in [-0.3, -0.25) is 4.79 Å². The maximum atomic E-state index is 11.8. The monoisotopic (exact) mass is 278 g/mol. The second-order valence-electron chi connectivity index (χ2n) is 5.29. The number of benzene rings is 2. The van der Waals surface area contributed by atoms with Crippen molar-refractivity contribution >= 4 is 5.97 Å². The maximum Gasteiger partial charge on any atom is 0.326 e. The van der Waals surface area contributed by atoms with E-state index in [1.807, 2.05) is 62.4 Å². The molecule has 0 spiro atoms. The predicted molar refractivity (Wildman–Crippen MR) is 84.2 cm³/mol. The molecule has 1 N–H and O–H groups in total. The Labute approximate surface area is 125 Å². The Morgan fingerprint density at radius 2 is 1.71 bits per heavy atom. The zero-order valence-electron chi connectivity index (χ0n) is 12.5. The Morgan fingerprint density at radius 1 is 1.05 bits per heavy atom. The van der Waals surface area contributed by atoms with Gasteiger partial charge in [0.25, 0.3) is 0 Å². The molecule has 106 valence electrons. The lowest BCUT2D eigenvalue weighted by atomic mass is 9.79. The lowest BCUT2D eigenvalue weighted by molar-refractivity contribution is -0.140. The molecule has 0 amide bonds. The van der Waals surface area contributed by atoms with Gasteiger partial charge in [0.2, 0.25) is 0 Å². The quantitative estimate of drug-likeness (QED) is 0.850. The molecular weight excluding hydrogens is 260 g/mol. The van der Waals surface area contributed by atoms with Crippen LogP contribution in [0.5, 0.6) is 0 Å². The third-order valence-electron chi connectivity index (χ3n) is 3.80. The van der Waals surface area contributed by atoms with E-state index in [2.05, 4.69) is 11.8 Å². The number of hydrogen-bond acceptors (Lipinski definition) is 1. The molecule has 0 radical (unpaired) electrons. The van der Waals surface area contributed by atoms with Crippen LogP contribution in [0.4, 0.5) is 0 Å². The molecule has 0 bridgehead atoms. The zero-order chi connectivity index (χ0) is 15.5. The first-order valence-corrected chi connectivity index (χ1v) is 6.83. The van der Waals surface area contributed by atoms with Crippen LogP contribution in [0.15, 0.2) is 48.5 Å². The van der Waals surface area contributed by atoms with Crippen LogP contribution in [-0.4, -0.2) is 11.1 Å². The minimum Gasteiger partial charge on any atom is -0.480 e. The van der Waals surface area contributed by atoms with Crippen molar-refractivity contribution in [2.24, 2.45) is 0 Å². The highest BCUT2D eigenvalue weighted by Crippen LogP contribution is 2.28. The van der Waals surface area contributed by atoms with E-state index in [1.165, 1.54) is 0 Å². The summed E-state index contributed by atoms with van der Waals surface area (Å²) in [6, 6.07) is 15.1. The zero-order valence-corrected chi connectivity index (χ0v) is 12.5. The van der Waals surface area contributed by atoms with Gasteiger partial charge < -0.3 is 5.11 Å². The van der Waals surface area contributed by atoms with Gasteiger partial charge in [-0.05, 0) is 49.6 Å². The number of carboxylic acids is 1. The van der Waals surface area contributed by atoms with Crippen molar-refractivity contribution in [1.82, 2.24) is 0 Å². The lowest BCUT2D eigenvalue weighted by Crippen LogP contribution is -2.31. The summed E-state index contributed by atoms with van der Waals surface area (Å²) in [6.45, 7) is 5.58. The highest BCUT2D eigenvalue weighted by atomic mass is 16.4. The molecule has 0 aliphatic carbocycles. The number of carboxylic acid groups (broad SMARTS) is 1. The van der Waals surface area contributed by atoms with E-state index in [-0.39, 0.29) is 0 Å². The summed E-state index contributed by atoms with van der Waals surface area (Å²) in [5.41, 5.74) is 2.39. The summed E-state index contributed by atoms with van der Waals surface area (Å²) in [5, 5.41) is 9.68. The first kappa shape index (κ1) is 14.9. The molecule has 1 atom stereocenters. The van der Waals surface area contributed by atoms with Gasteiger partial charge in [-0.2, -0.15) is 0 Å². The summed E-state index contributed by atoms with van der Waals surface area (Å²) < 4.78 is 0. The molecule has 1 unspecified atom stereocenters. The molecule has 0 aliphatic rings. The Kier molecular flexibility index (Phi) is 4.14. The maximum absolute atomic E-state index is 11.8. The highest BCUT2D eigenvalue weighted by Gasteiger charge is 2.34. The van der Waals surface area contributed by atoms with Gasteiger partial charge in [-0.15, -0.1) is 0 Å². The molecule has 2 aromatic carbocycles. The molecule has 2 rings (SSSR count). The first-order chi connectivity index (χ1) is 9.95. The number of rotatable bonds is 2. The van der Waals surface area contributed by atoms with Crippen molar-refractivity contribution in [3.05, 3.63) is 70.8 Å². The van der Waals surface area contributed by atoms with E-state index in [9.17, 15) is 9.90 Å². The molecule has 21 heavy (non-hydrogen) atoms. The van der Waals surface area contributed by atoms with E-state index in [0.717, 1.165) is 22.3 Å². The van der Waals surface area contributed by atoms with Crippen LogP contribution < -0.4 is 0 Å². The van der Waals surface area contributed by atoms with Gasteiger partial charge in [0.05, 0.1) is 0 Å². The van der Waals surface area contributed by atoms with Crippen molar-refractivity contribution in [3.63, 3.8) is 0 Å². The van der Waals surface area contributed by atoms with Crippen LogP contribution in [0.3, 0.4) is 0 Å². The van der Waals surface area contributed by atoms with Crippen LogP contribution in [-0.2, 0) is 10.2 Å². The number of carbonyl (C=O) groups is 1. The second kappa shape index (κ2) is 5.85. The molecule has 2 heteroatoms. The number of aryl methyl sites for hydroxylation is 1. The van der Waals surface area contributed by atoms with Crippen molar-refractivity contribution < 1.29 is 9.90 Å². The van der Waals surface area contributed by atoms with Crippen LogP contribution in [0, 0.1) is 25.7 Å². The molecule has 0 saturated heterocycles. The molecule has 0 saturated carbocycles. The second-order valence-corrected chi connectivity index (χ2v) is 5.29. The molecule has 2 nitrogen and oxygen atoms in total. The van der Waals surface area contributed by atoms with Gasteiger partial charge in [0.1, 0.15) is 0 Å². The summed E-state index contributed by atoms with van der Waals surface area (Å²) in [4.78, 5) is 11.8.